The van der Waals surface area contributed by atoms with Crippen molar-refractivity contribution in [3.05, 3.63) is 82.3 Å². The molecule has 1 aliphatic carbocycles. The molecule has 2 atom stereocenters. The fourth-order valence-corrected chi connectivity index (χ4v) is 4.62. The number of hydrogen-bond donors (Lipinski definition) is 2. The van der Waals surface area contributed by atoms with Crippen molar-refractivity contribution in [2.45, 2.75) is 22.9 Å². The molecule has 2 heterocycles. The van der Waals surface area contributed by atoms with E-state index >= 15 is 0 Å². The standard InChI is InChI=1S/C20H16N4O2S/c25-17-14-9-5-4-6-12(14)10-16(17)27-20-22-18-15(19(26)23-20)11-21-24(18)13-7-2-1-3-8-13/h1-9,11,16-17,25H,10H2,(H,22,23,26)/t16-,17-/m0/s1. The van der Waals surface area contributed by atoms with Crippen LogP contribution in [0.3, 0.4) is 0 Å². The predicted molar refractivity (Wildman–Crippen MR) is 104 cm³/mol. The van der Waals surface area contributed by atoms with Gasteiger partial charge in [0, 0.05) is 5.25 Å². The second kappa shape index (κ2) is 6.37. The number of aromatic nitrogens is 4. The summed E-state index contributed by atoms with van der Waals surface area (Å²) in [6.07, 6.45) is 1.69. The predicted octanol–water partition coefficient (Wildman–Crippen LogP) is 2.86. The smallest absolute Gasteiger partial charge is 0.262 e. The van der Waals surface area contributed by atoms with Crippen molar-refractivity contribution in [3.8, 4) is 5.69 Å². The van der Waals surface area contributed by atoms with Gasteiger partial charge < -0.3 is 10.1 Å². The Hall–Kier alpha value is -2.90. The number of para-hydroxylation sites is 1. The second-order valence-corrected chi connectivity index (χ2v) is 7.73. The average molecular weight is 376 g/mol. The molecule has 0 fully saturated rings. The Morgan fingerprint density at radius 1 is 1.11 bits per heavy atom. The molecule has 0 saturated heterocycles. The number of aliphatic hydroxyl groups is 1. The number of hydrogen-bond acceptors (Lipinski definition) is 5. The highest BCUT2D eigenvalue weighted by atomic mass is 32.2. The first kappa shape index (κ1) is 16.3. The SMILES string of the molecule is O=c1[nH]c(S[C@H]2Cc3ccccc3[C@@H]2O)nc2c1cnn2-c1ccccc1. The largest absolute Gasteiger partial charge is 0.387 e. The van der Waals surface area contributed by atoms with Gasteiger partial charge in [-0.25, -0.2) is 9.67 Å². The van der Waals surface area contributed by atoms with Crippen LogP contribution in [0.5, 0.6) is 0 Å². The molecule has 4 aromatic rings. The lowest BCUT2D eigenvalue weighted by Gasteiger charge is -2.13. The normalized spacial score (nSPS) is 18.7. The summed E-state index contributed by atoms with van der Waals surface area (Å²) in [5.74, 6) is 0. The number of aromatic amines is 1. The fraction of sp³-hybridized carbons (Fsp3) is 0.150. The van der Waals surface area contributed by atoms with Crippen LogP contribution >= 0.6 is 11.8 Å². The lowest BCUT2D eigenvalue weighted by molar-refractivity contribution is 0.185. The van der Waals surface area contributed by atoms with Crippen LogP contribution in [0.4, 0.5) is 0 Å². The fourth-order valence-electron chi connectivity index (χ4n) is 3.50. The number of nitrogens with one attached hydrogen (secondary N) is 1. The van der Waals surface area contributed by atoms with E-state index in [1.165, 1.54) is 18.0 Å². The van der Waals surface area contributed by atoms with E-state index in [0.717, 1.165) is 23.2 Å². The van der Waals surface area contributed by atoms with Crippen LogP contribution in [-0.2, 0) is 6.42 Å². The Balaban J connectivity index is 1.53. The van der Waals surface area contributed by atoms with Gasteiger partial charge in [0.1, 0.15) is 5.39 Å². The maximum atomic E-state index is 12.5. The molecule has 0 amide bonds. The number of aliphatic hydroxyl groups excluding tert-OH is 1. The molecule has 5 rings (SSSR count). The molecular formula is C20H16N4O2S. The highest BCUT2D eigenvalue weighted by Gasteiger charge is 2.32. The van der Waals surface area contributed by atoms with E-state index in [9.17, 15) is 9.90 Å². The molecule has 0 aliphatic heterocycles. The van der Waals surface area contributed by atoms with Crippen molar-refractivity contribution in [3.63, 3.8) is 0 Å². The molecule has 2 aromatic heterocycles. The van der Waals surface area contributed by atoms with Gasteiger partial charge in [-0.05, 0) is 29.7 Å². The number of rotatable bonds is 3. The summed E-state index contributed by atoms with van der Waals surface area (Å²) in [4.78, 5) is 19.9. The first-order chi connectivity index (χ1) is 13.2. The van der Waals surface area contributed by atoms with E-state index in [0.29, 0.717) is 16.2 Å². The van der Waals surface area contributed by atoms with E-state index < -0.39 is 6.10 Å². The van der Waals surface area contributed by atoms with Crippen LogP contribution in [-0.4, -0.2) is 30.1 Å². The quantitative estimate of drug-likeness (QED) is 0.537. The maximum Gasteiger partial charge on any atom is 0.262 e. The minimum absolute atomic E-state index is 0.0869. The number of H-pyrrole nitrogens is 1. The maximum absolute atomic E-state index is 12.5. The first-order valence-electron chi connectivity index (χ1n) is 8.67. The molecule has 1 aliphatic rings. The number of thioether (sulfide) groups is 1. The Morgan fingerprint density at radius 2 is 1.89 bits per heavy atom. The molecule has 2 N–H and O–H groups in total. The van der Waals surface area contributed by atoms with Crippen molar-refractivity contribution in [1.82, 2.24) is 19.7 Å². The zero-order valence-electron chi connectivity index (χ0n) is 14.2. The van der Waals surface area contributed by atoms with Crippen LogP contribution in [0.15, 0.2) is 70.7 Å². The van der Waals surface area contributed by atoms with Crippen LogP contribution < -0.4 is 5.56 Å². The first-order valence-corrected chi connectivity index (χ1v) is 9.54. The van der Waals surface area contributed by atoms with Gasteiger partial charge in [-0.3, -0.25) is 4.79 Å². The third-order valence-electron chi connectivity index (χ3n) is 4.83. The molecule has 0 radical (unpaired) electrons. The van der Waals surface area contributed by atoms with Crippen LogP contribution in [0.1, 0.15) is 17.2 Å². The number of nitrogens with zero attached hydrogens (tertiary/aromatic N) is 3. The van der Waals surface area contributed by atoms with Crippen LogP contribution in [0.2, 0.25) is 0 Å². The third kappa shape index (κ3) is 2.75. The average Bonchev–Trinajstić information content (AvgIpc) is 3.25. The van der Waals surface area contributed by atoms with Crippen LogP contribution in [0.25, 0.3) is 16.7 Å². The Bertz CT molecular complexity index is 1190. The van der Waals surface area contributed by atoms with Gasteiger partial charge in [0.2, 0.25) is 0 Å². The van der Waals surface area contributed by atoms with Crippen molar-refractivity contribution in [2.24, 2.45) is 0 Å². The topological polar surface area (TPSA) is 83.8 Å². The molecule has 2 aromatic carbocycles. The molecule has 0 saturated carbocycles. The van der Waals surface area contributed by atoms with Crippen molar-refractivity contribution >= 4 is 22.8 Å². The van der Waals surface area contributed by atoms with Gasteiger partial charge >= 0.3 is 0 Å². The van der Waals surface area contributed by atoms with E-state index in [1.807, 2.05) is 54.6 Å². The Morgan fingerprint density at radius 3 is 2.70 bits per heavy atom. The van der Waals surface area contributed by atoms with Gasteiger partial charge in [0.15, 0.2) is 10.8 Å². The lowest BCUT2D eigenvalue weighted by Crippen LogP contribution is -2.14. The molecule has 7 heteroatoms. The minimum atomic E-state index is -0.578. The van der Waals surface area contributed by atoms with Crippen molar-refractivity contribution < 1.29 is 5.11 Å². The second-order valence-electron chi connectivity index (χ2n) is 6.50. The van der Waals surface area contributed by atoms with Gasteiger partial charge in [-0.2, -0.15) is 5.10 Å². The van der Waals surface area contributed by atoms with Crippen LogP contribution in [0, 0.1) is 0 Å². The van der Waals surface area contributed by atoms with E-state index in [-0.39, 0.29) is 10.8 Å². The van der Waals surface area contributed by atoms with Gasteiger partial charge in [0.25, 0.3) is 5.56 Å². The Labute approximate surface area is 158 Å². The summed E-state index contributed by atoms with van der Waals surface area (Å²) >= 11 is 1.39. The summed E-state index contributed by atoms with van der Waals surface area (Å²) in [5.41, 5.74) is 3.22. The molecule has 0 bridgehead atoms. The third-order valence-corrected chi connectivity index (χ3v) is 5.97. The molecule has 6 nitrogen and oxygen atoms in total. The minimum Gasteiger partial charge on any atom is -0.387 e. The van der Waals surface area contributed by atoms with E-state index in [2.05, 4.69) is 15.1 Å². The van der Waals surface area contributed by atoms with E-state index in [4.69, 9.17) is 0 Å². The monoisotopic (exact) mass is 376 g/mol. The summed E-state index contributed by atoms with van der Waals surface area (Å²) in [5, 5.41) is 15.8. The van der Waals surface area contributed by atoms with Gasteiger partial charge in [-0.15, -0.1) is 0 Å². The number of benzene rings is 2. The summed E-state index contributed by atoms with van der Waals surface area (Å²) < 4.78 is 1.66. The highest BCUT2D eigenvalue weighted by molar-refractivity contribution is 7.99. The summed E-state index contributed by atoms with van der Waals surface area (Å²) in [6, 6.07) is 17.5. The number of fused-ring (bicyclic) bond motifs is 2. The lowest BCUT2D eigenvalue weighted by atomic mass is 10.1. The molecule has 0 unspecified atom stereocenters. The highest BCUT2D eigenvalue weighted by Crippen LogP contribution is 2.40. The van der Waals surface area contributed by atoms with Crippen molar-refractivity contribution in [1.29, 1.82) is 0 Å². The molecule has 0 spiro atoms. The summed E-state index contributed by atoms with van der Waals surface area (Å²) in [7, 11) is 0. The van der Waals surface area contributed by atoms with Crippen molar-refractivity contribution in [2.75, 3.05) is 0 Å². The summed E-state index contributed by atoms with van der Waals surface area (Å²) in [6.45, 7) is 0. The van der Waals surface area contributed by atoms with Gasteiger partial charge in [0.05, 0.1) is 18.0 Å². The zero-order valence-corrected chi connectivity index (χ0v) is 15.1. The molecular weight excluding hydrogens is 360 g/mol. The van der Waals surface area contributed by atoms with E-state index in [1.54, 1.807) is 4.68 Å². The molecule has 134 valence electrons. The molecule has 27 heavy (non-hydrogen) atoms. The Kier molecular flexibility index (Phi) is 3.84. The zero-order chi connectivity index (χ0) is 18.4. The van der Waals surface area contributed by atoms with Gasteiger partial charge in [-0.1, -0.05) is 54.2 Å².